The number of carbonyl (C=O) groups is 1. The van der Waals surface area contributed by atoms with Gasteiger partial charge < -0.3 is 5.32 Å². The lowest BCUT2D eigenvalue weighted by atomic mass is 9.94. The topological polar surface area (TPSA) is 67.2 Å². The van der Waals surface area contributed by atoms with E-state index < -0.39 is 0 Å². The van der Waals surface area contributed by atoms with E-state index in [1.54, 1.807) is 0 Å². The molecule has 0 saturated carbocycles. The van der Waals surface area contributed by atoms with Crippen molar-refractivity contribution >= 4 is 6.03 Å². The second kappa shape index (κ2) is 4.99. The maximum atomic E-state index is 11.0. The maximum absolute atomic E-state index is 11.0. The first-order valence-corrected chi connectivity index (χ1v) is 5.28. The summed E-state index contributed by atoms with van der Waals surface area (Å²) in [4.78, 5) is 11.0. The van der Waals surface area contributed by atoms with Crippen LogP contribution < -0.4 is 16.6 Å². The highest BCUT2D eigenvalue weighted by atomic mass is 16.2. The van der Waals surface area contributed by atoms with Crippen LogP contribution in [0.25, 0.3) is 0 Å². The fourth-order valence-corrected chi connectivity index (χ4v) is 1.78. The molecular formula is C12H19N3O. The van der Waals surface area contributed by atoms with Crippen molar-refractivity contribution in [1.82, 2.24) is 10.7 Å². The van der Waals surface area contributed by atoms with Crippen molar-refractivity contribution in [2.75, 3.05) is 0 Å². The predicted octanol–water partition coefficient (Wildman–Crippen LogP) is 1.59. The lowest BCUT2D eigenvalue weighted by molar-refractivity contribution is 0.240. The summed E-state index contributed by atoms with van der Waals surface area (Å²) in [7, 11) is 0. The molecule has 0 unspecified atom stereocenters. The molecule has 0 aliphatic heterocycles. The van der Waals surface area contributed by atoms with Crippen LogP contribution in [0.2, 0.25) is 0 Å². The molecule has 0 heterocycles. The molecule has 0 fully saturated rings. The minimum atomic E-state index is -0.363. The fourth-order valence-electron chi connectivity index (χ4n) is 1.78. The fraction of sp³-hybridized carbons (Fsp3) is 0.417. The summed E-state index contributed by atoms with van der Waals surface area (Å²) in [5, 5.41) is 2.71. The second-order valence-electron chi connectivity index (χ2n) is 4.07. The monoisotopic (exact) mass is 221 g/mol. The average molecular weight is 221 g/mol. The summed E-state index contributed by atoms with van der Waals surface area (Å²) in [6.07, 6.45) is 0. The molecule has 4 heteroatoms. The Kier molecular flexibility index (Phi) is 3.90. The van der Waals surface area contributed by atoms with Gasteiger partial charge in [0, 0.05) is 6.54 Å². The van der Waals surface area contributed by atoms with Crippen molar-refractivity contribution in [2.45, 2.75) is 34.2 Å². The minimum absolute atomic E-state index is 0.363. The zero-order valence-electron chi connectivity index (χ0n) is 10.3. The summed E-state index contributed by atoms with van der Waals surface area (Å²) < 4.78 is 0. The van der Waals surface area contributed by atoms with Crippen LogP contribution in [0.15, 0.2) is 6.07 Å². The summed E-state index contributed by atoms with van der Waals surface area (Å²) in [5.74, 6) is 5.01. The molecule has 1 aromatic carbocycles. The summed E-state index contributed by atoms with van der Waals surface area (Å²) in [5.41, 5.74) is 8.15. The summed E-state index contributed by atoms with van der Waals surface area (Å²) in [6, 6.07) is 1.80. The van der Waals surface area contributed by atoms with Crippen LogP contribution in [0.4, 0.5) is 4.79 Å². The van der Waals surface area contributed by atoms with Gasteiger partial charge in [-0.05, 0) is 55.5 Å². The Labute approximate surface area is 96.2 Å². The minimum Gasteiger partial charge on any atom is -0.333 e. The van der Waals surface area contributed by atoms with Gasteiger partial charge in [-0.15, -0.1) is 0 Å². The van der Waals surface area contributed by atoms with Crippen LogP contribution in [0.5, 0.6) is 0 Å². The van der Waals surface area contributed by atoms with Gasteiger partial charge in [0.2, 0.25) is 0 Å². The number of hydrazine groups is 1. The standard InChI is InChI=1S/C12H19N3O/c1-7-5-8(2)10(4)11(9(7)3)6-14-12(16)15-13/h5H,6,13H2,1-4H3,(H2,14,15,16). The molecule has 0 aliphatic rings. The quantitative estimate of drug-likeness (QED) is 0.403. The van der Waals surface area contributed by atoms with Gasteiger partial charge in [0.1, 0.15) is 0 Å². The van der Waals surface area contributed by atoms with Gasteiger partial charge in [0.25, 0.3) is 0 Å². The number of nitrogens with one attached hydrogen (secondary N) is 2. The first kappa shape index (κ1) is 12.5. The van der Waals surface area contributed by atoms with Crippen molar-refractivity contribution in [3.63, 3.8) is 0 Å². The smallest absolute Gasteiger partial charge is 0.329 e. The highest BCUT2D eigenvalue weighted by Crippen LogP contribution is 2.21. The van der Waals surface area contributed by atoms with Crippen LogP contribution >= 0.6 is 0 Å². The number of urea groups is 1. The average Bonchev–Trinajstić information content (AvgIpc) is 2.26. The van der Waals surface area contributed by atoms with Crippen molar-refractivity contribution in [3.05, 3.63) is 33.9 Å². The van der Waals surface area contributed by atoms with Gasteiger partial charge in [-0.1, -0.05) is 6.07 Å². The van der Waals surface area contributed by atoms with Crippen molar-refractivity contribution in [1.29, 1.82) is 0 Å². The van der Waals surface area contributed by atoms with Crippen molar-refractivity contribution in [3.8, 4) is 0 Å². The molecule has 0 saturated heterocycles. The Morgan fingerprint density at radius 1 is 1.19 bits per heavy atom. The van der Waals surface area contributed by atoms with Gasteiger partial charge in [0.15, 0.2) is 0 Å². The number of benzene rings is 1. The number of amides is 2. The van der Waals surface area contributed by atoms with Crippen LogP contribution in [0.1, 0.15) is 27.8 Å². The molecule has 88 valence electrons. The van der Waals surface area contributed by atoms with Crippen LogP contribution in [-0.2, 0) is 6.54 Å². The molecular weight excluding hydrogens is 202 g/mol. The first-order chi connectivity index (χ1) is 7.47. The highest BCUT2D eigenvalue weighted by Gasteiger charge is 2.08. The van der Waals surface area contributed by atoms with E-state index in [4.69, 9.17) is 5.84 Å². The molecule has 4 nitrogen and oxygen atoms in total. The van der Waals surface area contributed by atoms with E-state index in [9.17, 15) is 4.79 Å². The van der Waals surface area contributed by atoms with E-state index in [1.165, 1.54) is 27.8 Å². The van der Waals surface area contributed by atoms with E-state index >= 15 is 0 Å². The molecule has 0 bridgehead atoms. The Morgan fingerprint density at radius 3 is 2.12 bits per heavy atom. The van der Waals surface area contributed by atoms with E-state index in [1.807, 2.05) is 0 Å². The second-order valence-corrected chi connectivity index (χ2v) is 4.07. The van der Waals surface area contributed by atoms with Gasteiger partial charge >= 0.3 is 6.03 Å². The molecule has 0 aliphatic carbocycles. The third-order valence-electron chi connectivity index (χ3n) is 3.08. The molecule has 2 amide bonds. The first-order valence-electron chi connectivity index (χ1n) is 5.28. The molecule has 16 heavy (non-hydrogen) atoms. The van der Waals surface area contributed by atoms with Gasteiger partial charge in [-0.3, -0.25) is 5.43 Å². The molecule has 4 N–H and O–H groups in total. The number of carbonyl (C=O) groups excluding carboxylic acids is 1. The van der Waals surface area contributed by atoms with E-state index in [0.717, 1.165) is 0 Å². The molecule has 0 aromatic heterocycles. The molecule has 0 atom stereocenters. The lowest BCUT2D eigenvalue weighted by Gasteiger charge is -2.15. The highest BCUT2D eigenvalue weighted by molar-refractivity contribution is 5.73. The summed E-state index contributed by atoms with van der Waals surface area (Å²) >= 11 is 0. The SMILES string of the molecule is Cc1cc(C)c(C)c(CNC(=O)NN)c1C. The van der Waals surface area contributed by atoms with E-state index in [-0.39, 0.29) is 6.03 Å². The Hall–Kier alpha value is -1.55. The van der Waals surface area contributed by atoms with Crippen LogP contribution in [0.3, 0.4) is 0 Å². The predicted molar refractivity (Wildman–Crippen MR) is 64.9 cm³/mol. The van der Waals surface area contributed by atoms with Crippen molar-refractivity contribution < 1.29 is 4.79 Å². The Balaban J connectivity index is 2.99. The maximum Gasteiger partial charge on any atom is 0.329 e. The molecule has 0 radical (unpaired) electrons. The normalized spacial score (nSPS) is 10.1. The Bertz CT molecular complexity index is 387. The molecule has 0 spiro atoms. The van der Waals surface area contributed by atoms with E-state index in [0.29, 0.717) is 6.54 Å². The number of hydrogen-bond acceptors (Lipinski definition) is 2. The third kappa shape index (κ3) is 2.52. The van der Waals surface area contributed by atoms with Crippen LogP contribution in [-0.4, -0.2) is 6.03 Å². The number of aryl methyl sites for hydroxylation is 2. The number of hydrogen-bond donors (Lipinski definition) is 3. The van der Waals surface area contributed by atoms with Gasteiger partial charge in [0.05, 0.1) is 0 Å². The molecule has 1 rings (SSSR count). The Morgan fingerprint density at radius 2 is 1.69 bits per heavy atom. The number of nitrogens with two attached hydrogens (primary N) is 1. The largest absolute Gasteiger partial charge is 0.333 e. The van der Waals surface area contributed by atoms with Crippen molar-refractivity contribution in [2.24, 2.45) is 5.84 Å². The zero-order valence-corrected chi connectivity index (χ0v) is 10.3. The lowest BCUT2D eigenvalue weighted by Crippen LogP contribution is -2.39. The summed E-state index contributed by atoms with van der Waals surface area (Å²) in [6.45, 7) is 8.80. The third-order valence-corrected chi connectivity index (χ3v) is 3.08. The van der Waals surface area contributed by atoms with Gasteiger partial charge in [-0.25, -0.2) is 10.6 Å². The van der Waals surface area contributed by atoms with Gasteiger partial charge in [-0.2, -0.15) is 0 Å². The number of rotatable bonds is 2. The zero-order chi connectivity index (χ0) is 12.3. The van der Waals surface area contributed by atoms with Crippen LogP contribution in [0, 0.1) is 27.7 Å². The van der Waals surface area contributed by atoms with E-state index in [2.05, 4.69) is 44.5 Å². The molecule has 1 aromatic rings.